The Morgan fingerprint density at radius 1 is 1.22 bits per heavy atom. The molecule has 2 aliphatic heterocycles. The van der Waals surface area contributed by atoms with Crippen LogP contribution in [-0.4, -0.2) is 95.3 Å². The van der Waals surface area contributed by atoms with E-state index >= 15 is 0 Å². The lowest BCUT2D eigenvalue weighted by atomic mass is 9.93. The second kappa shape index (κ2) is 12.4. The molecule has 12 heteroatoms. The van der Waals surface area contributed by atoms with E-state index in [0.29, 0.717) is 18.8 Å². The van der Waals surface area contributed by atoms with E-state index in [0.717, 1.165) is 12.2 Å². The first-order chi connectivity index (χ1) is 15.2. The number of Topliss-reactive ketones (excluding diaryl/α,β-unsaturated/α-hetero) is 1. The molecule has 11 nitrogen and oxygen atoms in total. The fourth-order valence-electron chi connectivity index (χ4n) is 3.99. The molecule has 0 bridgehead atoms. The number of thioether (sulfide) groups is 1. The second-order valence-electron chi connectivity index (χ2n) is 8.36. The smallest absolute Gasteiger partial charge is 0.320 e. The molecule has 181 valence electrons. The van der Waals surface area contributed by atoms with Crippen LogP contribution in [-0.2, 0) is 14.4 Å². The van der Waals surface area contributed by atoms with Crippen molar-refractivity contribution in [1.29, 1.82) is 0 Å². The number of nitrogens with one attached hydrogen (secondary N) is 5. The molecule has 1 radical (unpaired) electrons. The monoisotopic (exact) mass is 472 g/mol. The summed E-state index contributed by atoms with van der Waals surface area (Å²) < 4.78 is 0. The molecule has 0 spiro atoms. The van der Waals surface area contributed by atoms with Crippen LogP contribution in [0.25, 0.3) is 0 Å². The maximum Gasteiger partial charge on any atom is 0.320 e. The zero-order chi connectivity index (χ0) is 23.8. The van der Waals surface area contributed by atoms with Crippen molar-refractivity contribution in [2.45, 2.75) is 68.6 Å². The van der Waals surface area contributed by atoms with Gasteiger partial charge in [0.05, 0.1) is 31.3 Å². The van der Waals surface area contributed by atoms with Gasteiger partial charge in [0, 0.05) is 11.0 Å². The van der Waals surface area contributed by atoms with E-state index in [-0.39, 0.29) is 29.9 Å². The fourth-order valence-corrected chi connectivity index (χ4v) is 5.54. The molecule has 6 atom stereocenters. The van der Waals surface area contributed by atoms with Crippen molar-refractivity contribution in [1.82, 2.24) is 26.6 Å². The van der Waals surface area contributed by atoms with Gasteiger partial charge in [-0.3, -0.25) is 19.7 Å². The number of aliphatic hydroxyl groups excluding tert-OH is 1. The van der Waals surface area contributed by atoms with Crippen LogP contribution in [0, 0.1) is 5.92 Å². The molecule has 0 aromatic carbocycles. The van der Waals surface area contributed by atoms with Crippen molar-refractivity contribution in [2.24, 2.45) is 0 Å². The highest BCUT2D eigenvalue weighted by molar-refractivity contribution is 8.00. The van der Waals surface area contributed by atoms with Gasteiger partial charge in [-0.1, -0.05) is 20.3 Å². The number of amides is 3. The Morgan fingerprint density at radius 3 is 2.53 bits per heavy atom. The van der Waals surface area contributed by atoms with Gasteiger partial charge >= 0.3 is 12.0 Å². The maximum absolute atomic E-state index is 12.9. The number of carboxylic acids is 1. The Kier molecular flexibility index (Phi) is 10.2. The van der Waals surface area contributed by atoms with E-state index in [4.69, 9.17) is 0 Å². The van der Waals surface area contributed by atoms with Crippen LogP contribution in [0.15, 0.2) is 0 Å². The van der Waals surface area contributed by atoms with Crippen LogP contribution in [0.3, 0.4) is 0 Å². The highest BCUT2D eigenvalue weighted by Crippen LogP contribution is 2.33. The molecular weight excluding hydrogens is 438 g/mol. The number of aliphatic hydroxyl groups is 1. The molecule has 0 aromatic rings. The van der Waals surface area contributed by atoms with Crippen LogP contribution < -0.4 is 26.6 Å². The van der Waals surface area contributed by atoms with Crippen molar-refractivity contribution < 1.29 is 29.4 Å². The lowest BCUT2D eigenvalue weighted by molar-refractivity contribution is -0.140. The molecule has 3 amide bonds. The Hall–Kier alpha value is -1.89. The molecular formula is C20H34N5O6S. The van der Waals surface area contributed by atoms with E-state index in [2.05, 4.69) is 26.6 Å². The summed E-state index contributed by atoms with van der Waals surface area (Å²) in [5.41, 5.74) is 0. The molecule has 0 aromatic heterocycles. The number of fused-ring (bicyclic) bond motifs is 1. The van der Waals surface area contributed by atoms with Crippen LogP contribution in [0.1, 0.15) is 33.1 Å². The topological polar surface area (TPSA) is 169 Å². The lowest BCUT2D eigenvalue weighted by Gasteiger charge is -2.28. The summed E-state index contributed by atoms with van der Waals surface area (Å²) in [5.74, 6) is -0.537. The molecule has 2 aliphatic rings. The van der Waals surface area contributed by atoms with Gasteiger partial charge in [0.2, 0.25) is 5.91 Å². The zero-order valence-corrected chi connectivity index (χ0v) is 19.5. The standard InChI is InChI=1S/C20H34N5O6S/c1-10(2)16(18(28)12(8-26)22-15(27)7-21-3)23-11(19(29)30)5-4-6-14-17-13(9-32-14)24-20(31)25-17/h11-14,16-17,21,23,26H,4-9H2,1-3H3,(H,22,27)(H,29,30)(H2,24,25,31)/t11?,12-,13-,14-,16?,17-/m0/s1. The number of likely N-dealkylation sites (N-methyl/N-ethyl adjacent to an activating group) is 1. The van der Waals surface area contributed by atoms with Crippen LogP contribution in [0.5, 0.6) is 0 Å². The SMILES string of the molecule is CNCC(=O)N[C@@H](CO)C(=O)C(NC(CCC[C@@H]1SC[C@@H]2NC(=O)N[C@@H]21)C(=O)O)[C](C)C. The molecule has 0 aliphatic carbocycles. The average Bonchev–Trinajstić information content (AvgIpc) is 3.27. The first kappa shape index (κ1) is 26.4. The predicted octanol–water partition coefficient (Wildman–Crippen LogP) is -1.39. The van der Waals surface area contributed by atoms with Gasteiger partial charge in [-0.25, -0.2) is 4.79 Å². The molecule has 2 rings (SSSR count). The zero-order valence-electron chi connectivity index (χ0n) is 18.6. The summed E-state index contributed by atoms with van der Waals surface area (Å²) in [6.07, 6.45) is 1.65. The summed E-state index contributed by atoms with van der Waals surface area (Å²) in [5, 5.41) is 33.3. The number of rotatable bonds is 14. The van der Waals surface area contributed by atoms with Gasteiger partial charge in [-0.05, 0) is 25.8 Å². The third-order valence-corrected chi connectivity index (χ3v) is 7.15. The summed E-state index contributed by atoms with van der Waals surface area (Å²) in [4.78, 5) is 48.1. The Balaban J connectivity index is 1.93. The lowest BCUT2D eigenvalue weighted by Crippen LogP contribution is -2.57. The third-order valence-electron chi connectivity index (χ3n) is 5.65. The highest BCUT2D eigenvalue weighted by Gasteiger charge is 2.42. The van der Waals surface area contributed by atoms with Gasteiger partial charge in [0.1, 0.15) is 12.1 Å². The van der Waals surface area contributed by atoms with E-state index in [1.807, 2.05) is 0 Å². The van der Waals surface area contributed by atoms with Crippen molar-refractivity contribution in [3.8, 4) is 0 Å². The number of carboxylic acid groups (broad SMARTS) is 1. The van der Waals surface area contributed by atoms with Crippen molar-refractivity contribution >= 4 is 35.5 Å². The molecule has 2 fully saturated rings. The van der Waals surface area contributed by atoms with Crippen molar-refractivity contribution in [3.63, 3.8) is 0 Å². The highest BCUT2D eigenvalue weighted by atomic mass is 32.2. The second-order valence-corrected chi connectivity index (χ2v) is 9.63. The van der Waals surface area contributed by atoms with Gasteiger partial charge in [-0.2, -0.15) is 11.8 Å². The van der Waals surface area contributed by atoms with Gasteiger partial charge < -0.3 is 31.5 Å². The van der Waals surface area contributed by atoms with Crippen LogP contribution in [0.4, 0.5) is 4.79 Å². The molecule has 0 saturated carbocycles. The Labute approximate surface area is 192 Å². The normalized spacial score (nSPS) is 24.9. The Bertz CT molecular complexity index is 693. The van der Waals surface area contributed by atoms with Crippen molar-refractivity contribution in [3.05, 3.63) is 5.92 Å². The summed E-state index contributed by atoms with van der Waals surface area (Å²) >= 11 is 1.76. The van der Waals surface area contributed by atoms with Gasteiger partial charge in [0.15, 0.2) is 5.78 Å². The van der Waals surface area contributed by atoms with E-state index < -0.39 is 42.4 Å². The average molecular weight is 473 g/mol. The number of urea groups is 1. The number of carbonyl (C=O) groups excluding carboxylic acids is 3. The largest absolute Gasteiger partial charge is 0.480 e. The number of ketones is 1. The van der Waals surface area contributed by atoms with E-state index in [9.17, 15) is 29.4 Å². The third kappa shape index (κ3) is 7.06. The number of aliphatic carboxylic acids is 1. The molecule has 2 saturated heterocycles. The summed E-state index contributed by atoms with van der Waals surface area (Å²) in [6, 6.07) is -3.03. The first-order valence-corrected chi connectivity index (χ1v) is 11.8. The van der Waals surface area contributed by atoms with Crippen molar-refractivity contribution in [2.75, 3.05) is 26.0 Å². The van der Waals surface area contributed by atoms with E-state index in [1.165, 1.54) is 0 Å². The minimum Gasteiger partial charge on any atom is -0.480 e. The summed E-state index contributed by atoms with van der Waals surface area (Å²) in [7, 11) is 1.59. The van der Waals surface area contributed by atoms with Crippen LogP contribution >= 0.6 is 11.8 Å². The molecule has 7 N–H and O–H groups in total. The minimum atomic E-state index is -1.14. The van der Waals surface area contributed by atoms with Crippen LogP contribution in [0.2, 0.25) is 0 Å². The predicted molar refractivity (Wildman–Crippen MR) is 120 cm³/mol. The minimum absolute atomic E-state index is 0.00848. The Morgan fingerprint density at radius 2 is 1.94 bits per heavy atom. The number of carbonyl (C=O) groups is 4. The fraction of sp³-hybridized carbons (Fsp3) is 0.750. The van der Waals surface area contributed by atoms with E-state index in [1.54, 1.807) is 32.7 Å². The maximum atomic E-state index is 12.9. The number of hydrogen-bond acceptors (Lipinski definition) is 8. The van der Waals surface area contributed by atoms with Gasteiger partial charge in [-0.15, -0.1) is 0 Å². The molecule has 2 heterocycles. The molecule has 32 heavy (non-hydrogen) atoms. The van der Waals surface area contributed by atoms with Gasteiger partial charge in [0.25, 0.3) is 0 Å². The quantitative estimate of drug-likeness (QED) is 0.151. The first-order valence-electron chi connectivity index (χ1n) is 10.7. The number of hydrogen-bond donors (Lipinski definition) is 7. The summed E-state index contributed by atoms with van der Waals surface area (Å²) in [6.45, 7) is 2.80. The molecule has 2 unspecified atom stereocenters.